The quantitative estimate of drug-likeness (QED) is 0.725. The molecule has 2 aromatic rings. The summed E-state index contributed by atoms with van der Waals surface area (Å²) in [6, 6.07) is 14.1. The van der Waals surface area contributed by atoms with Crippen LogP contribution in [0.5, 0.6) is 11.5 Å². The van der Waals surface area contributed by atoms with Gasteiger partial charge in [0.15, 0.2) is 5.84 Å². The van der Waals surface area contributed by atoms with Gasteiger partial charge >= 0.3 is 0 Å². The van der Waals surface area contributed by atoms with Crippen molar-refractivity contribution in [2.24, 2.45) is 9.98 Å². The predicted octanol–water partition coefficient (Wildman–Crippen LogP) is 4.47. The van der Waals surface area contributed by atoms with Crippen LogP contribution in [0.25, 0.3) is 0 Å². The van der Waals surface area contributed by atoms with Gasteiger partial charge in [-0.05, 0) is 18.1 Å². The molecule has 2 aromatic carbocycles. The fourth-order valence-corrected chi connectivity index (χ4v) is 3.67. The van der Waals surface area contributed by atoms with Gasteiger partial charge in [-0.1, -0.05) is 43.8 Å². The van der Waals surface area contributed by atoms with E-state index in [4.69, 9.17) is 9.47 Å². The number of aryl methyl sites for hydroxylation is 1. The Hall–Kier alpha value is -3.08. The zero-order chi connectivity index (χ0) is 19.5. The number of hydrogen-bond acceptors (Lipinski definition) is 5. The second kappa shape index (κ2) is 7.89. The van der Waals surface area contributed by atoms with Crippen LogP contribution in [0.3, 0.4) is 0 Å². The molecule has 0 spiro atoms. The lowest BCUT2D eigenvalue weighted by Crippen LogP contribution is -2.08. The Labute approximate surface area is 165 Å². The van der Waals surface area contributed by atoms with E-state index >= 15 is 0 Å². The van der Waals surface area contributed by atoms with E-state index in [0.29, 0.717) is 32.0 Å². The van der Waals surface area contributed by atoms with Gasteiger partial charge in [-0.3, -0.25) is 4.99 Å². The van der Waals surface area contributed by atoms with Crippen LogP contribution in [0.15, 0.2) is 64.8 Å². The summed E-state index contributed by atoms with van der Waals surface area (Å²) in [4.78, 5) is 9.19. The molecule has 2 aliphatic rings. The SMILES string of the molecule is C=C(O)CC1COc2cc(OCC3=NCC(c4ccccc4CC)=N3)ccc21. The molecule has 5 heteroatoms. The van der Waals surface area contributed by atoms with Gasteiger partial charge in [0.1, 0.15) is 18.1 Å². The minimum absolute atomic E-state index is 0.145. The van der Waals surface area contributed by atoms with Gasteiger partial charge in [0.25, 0.3) is 0 Å². The van der Waals surface area contributed by atoms with Crippen molar-refractivity contribution in [1.29, 1.82) is 0 Å². The molecule has 0 fully saturated rings. The Morgan fingerprint density at radius 1 is 1.29 bits per heavy atom. The highest BCUT2D eigenvalue weighted by atomic mass is 16.5. The number of allylic oxidation sites excluding steroid dienone is 1. The smallest absolute Gasteiger partial charge is 0.162 e. The van der Waals surface area contributed by atoms with Gasteiger partial charge in [0.05, 0.1) is 24.6 Å². The Morgan fingerprint density at radius 2 is 2.14 bits per heavy atom. The van der Waals surface area contributed by atoms with Crippen LogP contribution in [-0.2, 0) is 6.42 Å². The molecular formula is C23H24N2O3. The van der Waals surface area contributed by atoms with Crippen LogP contribution in [-0.4, -0.2) is 36.4 Å². The van der Waals surface area contributed by atoms with Gasteiger partial charge < -0.3 is 14.6 Å². The summed E-state index contributed by atoms with van der Waals surface area (Å²) in [5, 5.41) is 9.43. The molecule has 5 nitrogen and oxygen atoms in total. The third-order valence-corrected chi connectivity index (χ3v) is 5.10. The van der Waals surface area contributed by atoms with Gasteiger partial charge in [0.2, 0.25) is 0 Å². The minimum Gasteiger partial charge on any atom is -0.513 e. The van der Waals surface area contributed by atoms with Crippen molar-refractivity contribution in [2.75, 3.05) is 19.8 Å². The number of aliphatic imine (C=N–C) groups is 2. The Kier molecular flexibility index (Phi) is 5.15. The molecule has 0 amide bonds. The second-order valence-electron chi connectivity index (χ2n) is 7.07. The van der Waals surface area contributed by atoms with E-state index in [1.54, 1.807) is 0 Å². The number of benzene rings is 2. The van der Waals surface area contributed by atoms with Crippen molar-refractivity contribution in [3.63, 3.8) is 0 Å². The normalized spacial score (nSPS) is 17.5. The maximum absolute atomic E-state index is 9.43. The molecule has 0 bridgehead atoms. The number of ether oxygens (including phenoxy) is 2. The van der Waals surface area contributed by atoms with E-state index in [9.17, 15) is 5.11 Å². The van der Waals surface area contributed by atoms with E-state index in [-0.39, 0.29) is 11.7 Å². The summed E-state index contributed by atoms with van der Waals surface area (Å²) in [5.74, 6) is 2.56. The molecule has 1 atom stereocenters. The van der Waals surface area contributed by atoms with E-state index in [1.165, 1.54) is 11.1 Å². The zero-order valence-electron chi connectivity index (χ0n) is 16.0. The summed E-state index contributed by atoms with van der Waals surface area (Å²) in [6.45, 7) is 7.19. The van der Waals surface area contributed by atoms with Crippen LogP contribution >= 0.6 is 0 Å². The summed E-state index contributed by atoms with van der Waals surface area (Å²) in [6.07, 6.45) is 1.49. The Bertz CT molecular complexity index is 962. The summed E-state index contributed by atoms with van der Waals surface area (Å²) in [7, 11) is 0. The first-order valence-electron chi connectivity index (χ1n) is 9.59. The van der Waals surface area contributed by atoms with Crippen LogP contribution in [0.2, 0.25) is 0 Å². The van der Waals surface area contributed by atoms with E-state index in [0.717, 1.165) is 29.2 Å². The van der Waals surface area contributed by atoms with Crippen LogP contribution in [0.4, 0.5) is 0 Å². The van der Waals surface area contributed by atoms with Crippen molar-refractivity contribution in [2.45, 2.75) is 25.7 Å². The van der Waals surface area contributed by atoms with Crippen molar-refractivity contribution < 1.29 is 14.6 Å². The topological polar surface area (TPSA) is 63.4 Å². The number of amidine groups is 1. The number of rotatable bonds is 7. The second-order valence-corrected chi connectivity index (χ2v) is 7.07. The zero-order valence-corrected chi connectivity index (χ0v) is 16.0. The molecular weight excluding hydrogens is 352 g/mol. The number of nitrogens with zero attached hydrogens (tertiary/aromatic N) is 2. The van der Waals surface area contributed by atoms with Crippen molar-refractivity contribution in [1.82, 2.24) is 0 Å². The molecule has 144 valence electrons. The highest BCUT2D eigenvalue weighted by Gasteiger charge is 2.25. The first-order valence-corrected chi connectivity index (χ1v) is 9.59. The summed E-state index contributed by atoms with van der Waals surface area (Å²) in [5.41, 5.74) is 4.54. The third kappa shape index (κ3) is 3.79. The highest BCUT2D eigenvalue weighted by molar-refractivity contribution is 6.13. The van der Waals surface area contributed by atoms with Crippen molar-refractivity contribution in [3.8, 4) is 11.5 Å². The monoisotopic (exact) mass is 376 g/mol. The fraction of sp³-hybridized carbons (Fsp3) is 0.304. The lowest BCUT2D eigenvalue weighted by atomic mass is 9.97. The summed E-state index contributed by atoms with van der Waals surface area (Å²) < 4.78 is 11.6. The fourth-order valence-electron chi connectivity index (χ4n) is 3.67. The van der Waals surface area contributed by atoms with E-state index < -0.39 is 0 Å². The number of fused-ring (bicyclic) bond motifs is 1. The largest absolute Gasteiger partial charge is 0.513 e. The standard InChI is InChI=1S/C23H24N2O3/c1-3-16-6-4-5-7-19(16)21-12-24-23(25-21)14-27-18-8-9-20-17(10-15(2)26)13-28-22(20)11-18/h4-9,11,17,26H,2-3,10,12-14H2,1H3. The maximum Gasteiger partial charge on any atom is 0.162 e. The molecule has 28 heavy (non-hydrogen) atoms. The molecule has 0 radical (unpaired) electrons. The molecule has 0 saturated heterocycles. The molecule has 1 N–H and O–H groups in total. The first kappa shape index (κ1) is 18.3. The van der Waals surface area contributed by atoms with Crippen molar-refractivity contribution >= 4 is 11.5 Å². The van der Waals surface area contributed by atoms with Crippen LogP contribution < -0.4 is 9.47 Å². The van der Waals surface area contributed by atoms with Crippen LogP contribution in [0, 0.1) is 0 Å². The summed E-state index contributed by atoms with van der Waals surface area (Å²) >= 11 is 0. The van der Waals surface area contributed by atoms with Gasteiger partial charge in [-0.25, -0.2) is 4.99 Å². The molecule has 4 rings (SSSR count). The predicted molar refractivity (Wildman–Crippen MR) is 111 cm³/mol. The van der Waals surface area contributed by atoms with Crippen molar-refractivity contribution in [3.05, 3.63) is 71.5 Å². The first-order chi connectivity index (χ1) is 13.6. The van der Waals surface area contributed by atoms with Gasteiger partial charge in [-0.2, -0.15) is 0 Å². The molecule has 2 aliphatic heterocycles. The maximum atomic E-state index is 9.43. The number of hydrogen-bond donors (Lipinski definition) is 1. The lowest BCUT2D eigenvalue weighted by Gasteiger charge is -2.09. The lowest BCUT2D eigenvalue weighted by molar-refractivity contribution is 0.307. The van der Waals surface area contributed by atoms with E-state index in [2.05, 4.69) is 41.7 Å². The average Bonchev–Trinajstić information content (AvgIpc) is 3.33. The average molecular weight is 376 g/mol. The van der Waals surface area contributed by atoms with Gasteiger partial charge in [-0.15, -0.1) is 0 Å². The molecule has 0 aliphatic carbocycles. The minimum atomic E-state index is 0.145. The van der Waals surface area contributed by atoms with Crippen LogP contribution in [0.1, 0.15) is 36.0 Å². The molecule has 0 saturated carbocycles. The molecule has 1 unspecified atom stereocenters. The Morgan fingerprint density at radius 3 is 2.96 bits per heavy atom. The number of aliphatic hydroxyl groups excluding tert-OH is 1. The van der Waals surface area contributed by atoms with Gasteiger partial charge in [0, 0.05) is 29.5 Å². The highest BCUT2D eigenvalue weighted by Crippen LogP contribution is 2.39. The Balaban J connectivity index is 1.41. The molecule has 2 heterocycles. The molecule has 0 aromatic heterocycles. The number of aliphatic hydroxyl groups is 1. The third-order valence-electron chi connectivity index (χ3n) is 5.10. The van der Waals surface area contributed by atoms with E-state index in [1.807, 2.05) is 24.3 Å².